The minimum absolute atomic E-state index is 0.209. The van der Waals surface area contributed by atoms with Crippen molar-refractivity contribution in [1.82, 2.24) is 20.4 Å². The summed E-state index contributed by atoms with van der Waals surface area (Å²) in [6.45, 7) is 6.54. The maximum absolute atomic E-state index is 13.3. The third kappa shape index (κ3) is 6.08. The molecule has 2 aliphatic heterocycles. The van der Waals surface area contributed by atoms with E-state index in [1.807, 2.05) is 0 Å². The van der Waals surface area contributed by atoms with Gasteiger partial charge in [0, 0.05) is 26.2 Å². The Bertz CT molecular complexity index is 625. The number of hydrogen-bond donors (Lipinski definition) is 2. The summed E-state index contributed by atoms with van der Waals surface area (Å²) in [4.78, 5) is 30.0. The first-order chi connectivity index (χ1) is 14.5. The zero-order valence-electron chi connectivity index (χ0n) is 18.3. The summed E-state index contributed by atoms with van der Waals surface area (Å²) in [5, 5.41) is 15.9. The molecule has 2 saturated heterocycles. The van der Waals surface area contributed by atoms with Crippen LogP contribution in [0.5, 0.6) is 0 Å². The van der Waals surface area contributed by atoms with E-state index in [0.29, 0.717) is 51.6 Å². The van der Waals surface area contributed by atoms with Crippen molar-refractivity contribution in [2.24, 2.45) is 5.92 Å². The Balaban J connectivity index is 1.65. The van der Waals surface area contributed by atoms with Crippen molar-refractivity contribution < 1.29 is 14.3 Å². The lowest BCUT2D eigenvalue weighted by Crippen LogP contribution is -2.58. The first-order valence-electron chi connectivity index (χ1n) is 11.6. The Morgan fingerprint density at radius 3 is 2.60 bits per heavy atom. The van der Waals surface area contributed by atoms with Gasteiger partial charge in [0.05, 0.1) is 19.3 Å². The van der Waals surface area contributed by atoms with Gasteiger partial charge in [-0.05, 0) is 31.7 Å². The summed E-state index contributed by atoms with van der Waals surface area (Å²) in [7, 11) is 0. The highest BCUT2D eigenvalue weighted by Crippen LogP contribution is 2.28. The molecule has 2 N–H and O–H groups in total. The first kappa shape index (κ1) is 22.8. The number of likely N-dealkylation sites (tertiary alicyclic amines) is 1. The van der Waals surface area contributed by atoms with Gasteiger partial charge >= 0.3 is 6.03 Å². The van der Waals surface area contributed by atoms with Gasteiger partial charge in [-0.1, -0.05) is 39.0 Å². The monoisotopic (exact) mass is 419 g/mol. The van der Waals surface area contributed by atoms with Gasteiger partial charge in [-0.15, -0.1) is 0 Å². The number of hydrogen-bond acceptors (Lipinski definition) is 5. The van der Waals surface area contributed by atoms with Crippen LogP contribution >= 0.6 is 0 Å². The van der Waals surface area contributed by atoms with Crippen LogP contribution in [0.3, 0.4) is 0 Å². The highest BCUT2D eigenvalue weighted by molar-refractivity contribution is 5.88. The van der Waals surface area contributed by atoms with Crippen LogP contribution in [-0.2, 0) is 9.53 Å². The average Bonchev–Trinajstić information content (AvgIpc) is 3.18. The molecule has 3 aliphatic rings. The van der Waals surface area contributed by atoms with Crippen LogP contribution in [0.15, 0.2) is 0 Å². The van der Waals surface area contributed by atoms with Crippen LogP contribution in [0.2, 0.25) is 0 Å². The average molecular weight is 420 g/mol. The number of carbonyl (C=O) groups excluding carboxylic acids is 2. The molecule has 0 bridgehead atoms. The van der Waals surface area contributed by atoms with Gasteiger partial charge in [0.25, 0.3) is 0 Å². The van der Waals surface area contributed by atoms with E-state index in [1.54, 1.807) is 4.90 Å². The van der Waals surface area contributed by atoms with E-state index in [1.165, 1.54) is 19.3 Å². The normalized spacial score (nSPS) is 26.7. The van der Waals surface area contributed by atoms with Crippen LogP contribution < -0.4 is 10.6 Å². The van der Waals surface area contributed by atoms with E-state index in [2.05, 4.69) is 28.5 Å². The van der Waals surface area contributed by atoms with Crippen molar-refractivity contribution in [1.29, 1.82) is 5.26 Å². The second kappa shape index (κ2) is 11.0. The summed E-state index contributed by atoms with van der Waals surface area (Å²) < 4.78 is 5.33. The van der Waals surface area contributed by atoms with E-state index in [9.17, 15) is 14.9 Å². The van der Waals surface area contributed by atoms with Crippen LogP contribution in [0.4, 0.5) is 4.79 Å². The number of nitrogens with one attached hydrogen (secondary N) is 2. The maximum atomic E-state index is 13.3. The number of ether oxygens (including phenoxy) is 1. The summed E-state index contributed by atoms with van der Waals surface area (Å²) in [5.41, 5.74) is -0.860. The fourth-order valence-corrected chi connectivity index (χ4v) is 4.93. The number of nitriles is 1. The lowest BCUT2D eigenvalue weighted by atomic mass is 9.84. The predicted octanol–water partition coefficient (Wildman–Crippen LogP) is 1.86. The van der Waals surface area contributed by atoms with E-state index < -0.39 is 11.6 Å². The Morgan fingerprint density at radius 1 is 1.20 bits per heavy atom. The molecule has 0 aromatic rings. The molecule has 2 heterocycles. The Morgan fingerprint density at radius 2 is 1.93 bits per heavy atom. The molecule has 1 aliphatic carbocycles. The molecule has 2 unspecified atom stereocenters. The topological polar surface area (TPSA) is 97.7 Å². The van der Waals surface area contributed by atoms with Crippen molar-refractivity contribution in [2.75, 3.05) is 45.9 Å². The Hall–Kier alpha value is -1.85. The molecule has 0 aromatic heterocycles. The molecule has 3 rings (SSSR count). The molecule has 0 aromatic carbocycles. The molecule has 1 saturated carbocycles. The van der Waals surface area contributed by atoms with Crippen molar-refractivity contribution in [3.63, 3.8) is 0 Å². The number of urea groups is 1. The van der Waals surface area contributed by atoms with Gasteiger partial charge in [0.15, 0.2) is 0 Å². The molecular weight excluding hydrogens is 382 g/mol. The van der Waals surface area contributed by atoms with Crippen LogP contribution in [0.25, 0.3) is 0 Å². The van der Waals surface area contributed by atoms with Crippen LogP contribution in [-0.4, -0.2) is 79.3 Å². The maximum Gasteiger partial charge on any atom is 0.318 e. The fourth-order valence-electron chi connectivity index (χ4n) is 4.93. The first-order valence-corrected chi connectivity index (χ1v) is 11.6. The molecule has 30 heavy (non-hydrogen) atoms. The van der Waals surface area contributed by atoms with E-state index in [-0.39, 0.29) is 11.9 Å². The molecule has 2 atom stereocenters. The number of amides is 3. The second-order valence-electron chi connectivity index (χ2n) is 9.05. The van der Waals surface area contributed by atoms with Crippen molar-refractivity contribution in [2.45, 2.75) is 69.9 Å². The standard InChI is InChI=1S/C22H37N5O3/c1-2-9-26-10-8-22(16-23,17-26)25-20(28)19(15-18-6-4-3-5-7-18)24-21(29)27-11-13-30-14-12-27/h18-19H,2-15,17H2,1H3,(H,24,29)(H,25,28). The molecule has 0 radical (unpaired) electrons. The third-order valence-electron chi connectivity index (χ3n) is 6.67. The lowest BCUT2D eigenvalue weighted by molar-refractivity contribution is -0.124. The molecule has 0 spiro atoms. The van der Waals surface area contributed by atoms with Gasteiger partial charge in [-0.2, -0.15) is 5.26 Å². The van der Waals surface area contributed by atoms with Crippen molar-refractivity contribution in [3.8, 4) is 6.07 Å². The zero-order chi connectivity index (χ0) is 21.4. The van der Waals surface area contributed by atoms with E-state index in [4.69, 9.17) is 4.74 Å². The summed E-state index contributed by atoms with van der Waals surface area (Å²) in [6.07, 6.45) is 8.11. The highest BCUT2D eigenvalue weighted by atomic mass is 16.5. The lowest BCUT2D eigenvalue weighted by Gasteiger charge is -2.32. The van der Waals surface area contributed by atoms with Gasteiger partial charge < -0.3 is 20.3 Å². The van der Waals surface area contributed by atoms with E-state index >= 15 is 0 Å². The van der Waals surface area contributed by atoms with Gasteiger partial charge in [-0.25, -0.2) is 4.79 Å². The molecule has 168 valence electrons. The third-order valence-corrected chi connectivity index (χ3v) is 6.67. The number of rotatable bonds is 7. The second-order valence-corrected chi connectivity index (χ2v) is 9.05. The number of nitrogens with zero attached hydrogens (tertiary/aromatic N) is 3. The Labute approximate surface area is 180 Å². The fraction of sp³-hybridized carbons (Fsp3) is 0.864. The highest BCUT2D eigenvalue weighted by Gasteiger charge is 2.41. The largest absolute Gasteiger partial charge is 0.378 e. The quantitative estimate of drug-likeness (QED) is 0.656. The van der Waals surface area contributed by atoms with Crippen LogP contribution in [0.1, 0.15) is 58.3 Å². The zero-order valence-corrected chi connectivity index (χ0v) is 18.3. The van der Waals surface area contributed by atoms with Crippen LogP contribution in [0, 0.1) is 17.2 Å². The molecule has 3 amide bonds. The SMILES string of the molecule is CCCN1CCC(C#N)(NC(=O)C(CC2CCCCC2)NC(=O)N2CCOCC2)C1. The minimum Gasteiger partial charge on any atom is -0.378 e. The summed E-state index contributed by atoms with van der Waals surface area (Å²) >= 11 is 0. The van der Waals surface area contributed by atoms with Gasteiger partial charge in [-0.3, -0.25) is 9.69 Å². The summed E-state index contributed by atoms with van der Waals surface area (Å²) in [6, 6.07) is 1.55. The number of morpholine rings is 1. The van der Waals surface area contributed by atoms with Crippen molar-refractivity contribution >= 4 is 11.9 Å². The molecule has 8 heteroatoms. The van der Waals surface area contributed by atoms with E-state index in [0.717, 1.165) is 32.4 Å². The Kier molecular flexibility index (Phi) is 8.34. The molecular formula is C22H37N5O3. The van der Waals surface area contributed by atoms with Crippen molar-refractivity contribution in [3.05, 3.63) is 0 Å². The summed E-state index contributed by atoms with van der Waals surface area (Å²) in [5.74, 6) is 0.222. The predicted molar refractivity (Wildman–Crippen MR) is 114 cm³/mol. The smallest absolute Gasteiger partial charge is 0.318 e. The minimum atomic E-state index is -0.860. The van der Waals surface area contributed by atoms with Gasteiger partial charge in [0.1, 0.15) is 11.6 Å². The van der Waals surface area contributed by atoms with Gasteiger partial charge in [0.2, 0.25) is 5.91 Å². The molecule has 3 fully saturated rings. The number of carbonyl (C=O) groups is 2. The molecule has 8 nitrogen and oxygen atoms in total.